The van der Waals surface area contributed by atoms with E-state index in [9.17, 15) is 13.2 Å². The van der Waals surface area contributed by atoms with E-state index in [2.05, 4.69) is 20.3 Å². The van der Waals surface area contributed by atoms with Crippen LogP contribution < -0.4 is 0 Å². The van der Waals surface area contributed by atoms with Gasteiger partial charge in [-0.05, 0) is 60.5 Å². The molecule has 1 aromatic carbocycles. The van der Waals surface area contributed by atoms with Crippen molar-refractivity contribution < 1.29 is 13.2 Å². The molecule has 0 amide bonds. The lowest BCUT2D eigenvalue weighted by Gasteiger charge is -2.13. The standard InChI is InChI=1S/C15H14BrNO3S/c1-9-4-6-12(7-5-9)21(19,20)17-13-8-10(2)15(18)11(3)14(13)16/h4-8H,1-3H3. The summed E-state index contributed by atoms with van der Waals surface area (Å²) in [7, 11) is -3.81. The van der Waals surface area contributed by atoms with Crippen molar-refractivity contribution in [1.29, 1.82) is 0 Å². The third-order valence-electron chi connectivity index (χ3n) is 3.14. The smallest absolute Gasteiger partial charge is 0.282 e. The van der Waals surface area contributed by atoms with Crippen molar-refractivity contribution in [2.45, 2.75) is 25.7 Å². The van der Waals surface area contributed by atoms with E-state index in [-0.39, 0.29) is 16.4 Å². The Morgan fingerprint density at radius 1 is 1.05 bits per heavy atom. The monoisotopic (exact) mass is 367 g/mol. The zero-order valence-corrected chi connectivity index (χ0v) is 14.2. The van der Waals surface area contributed by atoms with Gasteiger partial charge in [-0.15, -0.1) is 0 Å². The first-order chi connectivity index (χ1) is 9.72. The fraction of sp³-hybridized carbons (Fsp3) is 0.200. The van der Waals surface area contributed by atoms with E-state index in [1.165, 1.54) is 18.2 Å². The molecule has 0 heterocycles. The van der Waals surface area contributed by atoms with Crippen molar-refractivity contribution in [1.82, 2.24) is 0 Å². The Kier molecular flexibility index (Phi) is 4.30. The van der Waals surface area contributed by atoms with Crippen LogP contribution in [0.1, 0.15) is 19.4 Å². The Labute approximate surface area is 132 Å². The third-order valence-corrected chi connectivity index (χ3v) is 5.45. The Morgan fingerprint density at radius 2 is 1.62 bits per heavy atom. The van der Waals surface area contributed by atoms with Crippen molar-refractivity contribution >= 4 is 37.4 Å². The zero-order valence-electron chi connectivity index (χ0n) is 11.8. The minimum atomic E-state index is -3.81. The molecular formula is C15H14BrNO3S. The number of allylic oxidation sites excluding steroid dienone is 4. The molecule has 0 unspecified atom stereocenters. The summed E-state index contributed by atoms with van der Waals surface area (Å²) in [5, 5.41) is 0. The fourth-order valence-corrected chi connectivity index (χ4v) is 3.37. The molecule has 1 aliphatic carbocycles. The summed E-state index contributed by atoms with van der Waals surface area (Å²) < 4.78 is 28.9. The maximum Gasteiger partial charge on any atom is 0.282 e. The van der Waals surface area contributed by atoms with Gasteiger partial charge in [0, 0.05) is 5.57 Å². The van der Waals surface area contributed by atoms with Crippen molar-refractivity contribution in [2.75, 3.05) is 0 Å². The number of carbonyl (C=O) groups excluding carboxylic acids is 1. The highest BCUT2D eigenvalue weighted by Gasteiger charge is 2.23. The van der Waals surface area contributed by atoms with E-state index < -0.39 is 10.0 Å². The molecule has 0 saturated heterocycles. The number of ketones is 1. The van der Waals surface area contributed by atoms with E-state index in [1.807, 2.05) is 6.92 Å². The van der Waals surface area contributed by atoms with E-state index in [0.29, 0.717) is 15.6 Å². The lowest BCUT2D eigenvalue weighted by molar-refractivity contribution is -0.112. The molecular weight excluding hydrogens is 354 g/mol. The summed E-state index contributed by atoms with van der Waals surface area (Å²) in [6.45, 7) is 5.15. The molecule has 0 radical (unpaired) electrons. The van der Waals surface area contributed by atoms with Gasteiger partial charge in [0.15, 0.2) is 5.78 Å². The molecule has 0 spiro atoms. The maximum atomic E-state index is 12.3. The number of rotatable bonds is 2. The predicted molar refractivity (Wildman–Crippen MR) is 86.2 cm³/mol. The number of benzene rings is 1. The summed E-state index contributed by atoms with van der Waals surface area (Å²) in [6.07, 6.45) is 1.48. The second kappa shape index (κ2) is 5.69. The molecule has 0 atom stereocenters. The molecule has 0 bridgehead atoms. The zero-order chi connectivity index (χ0) is 15.8. The molecule has 1 aliphatic rings. The van der Waals surface area contributed by atoms with Gasteiger partial charge in [0.25, 0.3) is 10.0 Å². The van der Waals surface area contributed by atoms with Crippen molar-refractivity contribution in [2.24, 2.45) is 4.40 Å². The quantitative estimate of drug-likeness (QED) is 0.753. The number of hydrogen-bond donors (Lipinski definition) is 0. The molecule has 21 heavy (non-hydrogen) atoms. The molecule has 0 N–H and O–H groups in total. The van der Waals surface area contributed by atoms with Gasteiger partial charge in [0.2, 0.25) is 0 Å². The van der Waals surface area contributed by atoms with E-state index >= 15 is 0 Å². The summed E-state index contributed by atoms with van der Waals surface area (Å²) >= 11 is 3.24. The molecule has 1 aromatic rings. The van der Waals surface area contributed by atoms with Crippen LogP contribution in [-0.4, -0.2) is 19.9 Å². The number of halogens is 1. The summed E-state index contributed by atoms with van der Waals surface area (Å²) in [6, 6.07) is 6.47. The minimum Gasteiger partial charge on any atom is -0.289 e. The average molecular weight is 368 g/mol. The summed E-state index contributed by atoms with van der Waals surface area (Å²) in [5.74, 6) is -0.117. The van der Waals surface area contributed by atoms with Crippen LogP contribution in [0.5, 0.6) is 0 Å². The average Bonchev–Trinajstić information content (AvgIpc) is 2.42. The highest BCUT2D eigenvalue weighted by molar-refractivity contribution is 9.12. The largest absolute Gasteiger partial charge is 0.289 e. The number of nitrogens with zero attached hydrogens (tertiary/aromatic N) is 1. The second-order valence-corrected chi connectivity index (χ2v) is 7.26. The Morgan fingerprint density at radius 3 is 2.19 bits per heavy atom. The van der Waals surface area contributed by atoms with Crippen LogP contribution >= 0.6 is 15.9 Å². The fourth-order valence-electron chi connectivity index (χ4n) is 1.88. The van der Waals surface area contributed by atoms with Crippen LogP contribution in [0.3, 0.4) is 0 Å². The number of hydrogen-bond acceptors (Lipinski definition) is 3. The highest BCUT2D eigenvalue weighted by atomic mass is 79.9. The Hall–Kier alpha value is -1.53. The van der Waals surface area contributed by atoms with Gasteiger partial charge < -0.3 is 0 Å². The molecule has 0 fully saturated rings. The topological polar surface area (TPSA) is 63.6 Å². The highest BCUT2D eigenvalue weighted by Crippen LogP contribution is 2.25. The van der Waals surface area contributed by atoms with Gasteiger partial charge in [0.05, 0.1) is 15.1 Å². The van der Waals surface area contributed by atoms with E-state index in [0.717, 1.165) is 5.56 Å². The van der Waals surface area contributed by atoms with Gasteiger partial charge in [-0.25, -0.2) is 0 Å². The predicted octanol–water partition coefficient (Wildman–Crippen LogP) is 3.32. The summed E-state index contributed by atoms with van der Waals surface area (Å²) in [5.41, 5.74) is 2.13. The normalized spacial score (nSPS) is 18.2. The van der Waals surface area contributed by atoms with Crippen molar-refractivity contribution in [3.63, 3.8) is 0 Å². The van der Waals surface area contributed by atoms with Gasteiger partial charge in [-0.2, -0.15) is 12.8 Å². The van der Waals surface area contributed by atoms with E-state index in [4.69, 9.17) is 0 Å². The SMILES string of the molecule is CC1=CC(=NS(=O)(=O)c2ccc(C)cc2)C(Br)=C(C)C1=O. The molecule has 6 heteroatoms. The second-order valence-electron chi connectivity index (χ2n) is 4.86. The van der Waals surface area contributed by atoms with Crippen molar-refractivity contribution in [3.8, 4) is 0 Å². The van der Waals surface area contributed by atoms with Gasteiger partial charge in [-0.3, -0.25) is 4.79 Å². The van der Waals surface area contributed by atoms with Gasteiger partial charge in [0.1, 0.15) is 0 Å². The maximum absolute atomic E-state index is 12.3. The lowest BCUT2D eigenvalue weighted by Crippen LogP contribution is -2.15. The third kappa shape index (κ3) is 3.22. The van der Waals surface area contributed by atoms with Crippen LogP contribution in [0.2, 0.25) is 0 Å². The summed E-state index contributed by atoms with van der Waals surface area (Å²) in [4.78, 5) is 11.9. The molecule has 4 nitrogen and oxygen atoms in total. The number of sulfonamides is 1. The Balaban J connectivity index is 2.52. The number of Topliss-reactive ketones (excluding diaryl/α,β-unsaturated/α-hetero) is 1. The lowest BCUT2D eigenvalue weighted by atomic mass is 9.98. The number of carbonyl (C=O) groups is 1. The number of aryl methyl sites for hydroxylation is 1. The van der Waals surface area contributed by atoms with Crippen LogP contribution in [0.15, 0.2) is 55.3 Å². The molecule has 0 saturated carbocycles. The molecule has 110 valence electrons. The van der Waals surface area contributed by atoms with E-state index in [1.54, 1.807) is 26.0 Å². The van der Waals surface area contributed by atoms with Crippen LogP contribution in [0.25, 0.3) is 0 Å². The van der Waals surface area contributed by atoms with Gasteiger partial charge >= 0.3 is 0 Å². The first-order valence-corrected chi connectivity index (χ1v) is 8.47. The first-order valence-electron chi connectivity index (χ1n) is 6.24. The first kappa shape index (κ1) is 15.9. The van der Waals surface area contributed by atoms with Crippen molar-refractivity contribution in [3.05, 3.63) is 51.5 Å². The minimum absolute atomic E-state index is 0.117. The Bertz CT molecular complexity index is 800. The molecule has 0 aliphatic heterocycles. The van der Waals surface area contributed by atoms with Gasteiger partial charge in [-0.1, -0.05) is 17.7 Å². The van der Waals surface area contributed by atoms with Crippen LogP contribution in [0.4, 0.5) is 0 Å². The van der Waals surface area contributed by atoms with Crippen LogP contribution in [-0.2, 0) is 14.8 Å². The molecule has 0 aromatic heterocycles. The molecule has 2 rings (SSSR count). The van der Waals surface area contributed by atoms with Crippen LogP contribution in [0, 0.1) is 6.92 Å².